The number of carbonyl (C=O) groups excluding carboxylic acids is 1. The van der Waals surface area contributed by atoms with E-state index in [0.717, 1.165) is 12.8 Å². The van der Waals surface area contributed by atoms with Crippen LogP contribution in [0.25, 0.3) is 0 Å². The van der Waals surface area contributed by atoms with Gasteiger partial charge < -0.3 is 4.74 Å². The Hall–Kier alpha value is -0.790. The molecule has 2 rings (SSSR count). The smallest absolute Gasteiger partial charge is 0.314 e. The molecule has 0 spiro atoms. The fourth-order valence-electron chi connectivity index (χ4n) is 2.42. The van der Waals surface area contributed by atoms with Gasteiger partial charge in [-0.2, -0.15) is 0 Å². The molecule has 1 aliphatic heterocycles. The molecule has 0 N–H and O–H groups in total. The zero-order valence-corrected chi connectivity index (χ0v) is 7.54. The number of esters is 1. The van der Waals surface area contributed by atoms with Gasteiger partial charge in [0.15, 0.2) is 0 Å². The molecule has 0 aromatic carbocycles. The Morgan fingerprint density at radius 2 is 2.25 bits per heavy atom. The first kappa shape index (κ1) is 7.84. The van der Waals surface area contributed by atoms with Crippen LogP contribution >= 0.6 is 0 Å². The molecular formula is C10H14O2. The van der Waals surface area contributed by atoms with Gasteiger partial charge in [-0.25, -0.2) is 0 Å². The molecule has 1 aliphatic carbocycles. The second-order valence-corrected chi connectivity index (χ2v) is 3.99. The van der Waals surface area contributed by atoms with Crippen LogP contribution in [0.1, 0.15) is 26.7 Å². The maximum Gasteiger partial charge on any atom is 0.314 e. The quantitative estimate of drug-likeness (QED) is 0.515. The van der Waals surface area contributed by atoms with Crippen molar-refractivity contribution >= 4 is 5.97 Å². The zero-order chi connectivity index (χ0) is 8.72. The average Bonchev–Trinajstić information content (AvgIpc) is 2.42. The Balaban J connectivity index is 2.29. The third-order valence-electron chi connectivity index (χ3n) is 3.20. The van der Waals surface area contributed by atoms with Gasteiger partial charge in [-0.05, 0) is 37.2 Å². The number of cyclic esters (lactones) is 1. The minimum absolute atomic E-state index is 0.0180. The third kappa shape index (κ3) is 0.977. The Bertz CT molecular complexity index is 242. The van der Waals surface area contributed by atoms with Crippen LogP contribution in [-0.2, 0) is 9.53 Å². The zero-order valence-electron chi connectivity index (χ0n) is 7.54. The summed E-state index contributed by atoms with van der Waals surface area (Å²) in [7, 11) is 0. The van der Waals surface area contributed by atoms with Crippen molar-refractivity contribution in [3.05, 3.63) is 11.8 Å². The van der Waals surface area contributed by atoms with Crippen LogP contribution in [-0.4, -0.2) is 5.97 Å². The molecule has 2 heteroatoms. The van der Waals surface area contributed by atoms with E-state index in [-0.39, 0.29) is 11.9 Å². The van der Waals surface area contributed by atoms with E-state index >= 15 is 0 Å². The SMILES string of the molecule is CC1=COC(=O)C2[C@@H]1CC[C@@H]2C. The molecule has 0 aromatic heterocycles. The summed E-state index contributed by atoms with van der Waals surface area (Å²) in [6.45, 7) is 4.20. The van der Waals surface area contributed by atoms with Crippen LogP contribution < -0.4 is 0 Å². The Labute approximate surface area is 72.6 Å². The van der Waals surface area contributed by atoms with E-state index in [0.29, 0.717) is 11.8 Å². The number of hydrogen-bond donors (Lipinski definition) is 0. The van der Waals surface area contributed by atoms with E-state index in [9.17, 15) is 4.79 Å². The highest BCUT2D eigenvalue weighted by Crippen LogP contribution is 2.43. The Morgan fingerprint density at radius 1 is 1.50 bits per heavy atom. The molecule has 0 aromatic rings. The molecule has 1 saturated carbocycles. The van der Waals surface area contributed by atoms with Crippen LogP contribution in [0, 0.1) is 17.8 Å². The van der Waals surface area contributed by atoms with Gasteiger partial charge in [-0.15, -0.1) is 0 Å². The topological polar surface area (TPSA) is 26.3 Å². The van der Waals surface area contributed by atoms with Crippen LogP contribution in [0.3, 0.4) is 0 Å². The van der Waals surface area contributed by atoms with E-state index in [2.05, 4.69) is 13.8 Å². The average molecular weight is 166 g/mol. The lowest BCUT2D eigenvalue weighted by Crippen LogP contribution is -2.28. The highest BCUT2D eigenvalue weighted by Gasteiger charge is 2.42. The summed E-state index contributed by atoms with van der Waals surface area (Å²) in [5, 5.41) is 0. The molecular weight excluding hydrogens is 152 g/mol. The third-order valence-corrected chi connectivity index (χ3v) is 3.20. The van der Waals surface area contributed by atoms with Crippen molar-refractivity contribution in [2.75, 3.05) is 0 Å². The van der Waals surface area contributed by atoms with Gasteiger partial charge >= 0.3 is 5.97 Å². The first-order valence-electron chi connectivity index (χ1n) is 4.57. The van der Waals surface area contributed by atoms with Crippen molar-refractivity contribution in [1.82, 2.24) is 0 Å². The molecule has 1 fully saturated rings. The van der Waals surface area contributed by atoms with Crippen molar-refractivity contribution < 1.29 is 9.53 Å². The minimum Gasteiger partial charge on any atom is -0.434 e. The highest BCUT2D eigenvalue weighted by molar-refractivity contribution is 5.75. The number of carbonyl (C=O) groups is 1. The second kappa shape index (κ2) is 2.61. The van der Waals surface area contributed by atoms with Gasteiger partial charge in [0.2, 0.25) is 0 Å². The standard InChI is InChI=1S/C10H14O2/c1-6-3-4-8-7(2)5-12-10(11)9(6)8/h5-6,8-9H,3-4H2,1-2H3/t6-,8+,9?/m0/s1. The number of ether oxygens (including phenoxy) is 1. The second-order valence-electron chi connectivity index (χ2n) is 3.99. The van der Waals surface area contributed by atoms with Gasteiger partial charge in [-0.1, -0.05) is 6.92 Å². The molecule has 12 heavy (non-hydrogen) atoms. The van der Waals surface area contributed by atoms with Crippen molar-refractivity contribution in [3.63, 3.8) is 0 Å². The van der Waals surface area contributed by atoms with E-state index in [1.165, 1.54) is 5.57 Å². The van der Waals surface area contributed by atoms with Crippen molar-refractivity contribution in [2.45, 2.75) is 26.7 Å². The van der Waals surface area contributed by atoms with Crippen LogP contribution in [0.15, 0.2) is 11.8 Å². The van der Waals surface area contributed by atoms with Crippen LogP contribution in [0.4, 0.5) is 0 Å². The lowest BCUT2D eigenvalue weighted by atomic mass is 9.85. The normalized spacial score (nSPS) is 40.3. The molecule has 2 aliphatic rings. The van der Waals surface area contributed by atoms with Crippen molar-refractivity contribution in [2.24, 2.45) is 17.8 Å². The summed E-state index contributed by atoms with van der Waals surface area (Å²) < 4.78 is 4.97. The van der Waals surface area contributed by atoms with E-state index < -0.39 is 0 Å². The van der Waals surface area contributed by atoms with Crippen LogP contribution in [0.2, 0.25) is 0 Å². The number of fused-ring (bicyclic) bond motifs is 1. The fraction of sp³-hybridized carbons (Fsp3) is 0.700. The molecule has 0 bridgehead atoms. The van der Waals surface area contributed by atoms with Crippen molar-refractivity contribution in [3.8, 4) is 0 Å². The van der Waals surface area contributed by atoms with E-state index in [1.807, 2.05) is 0 Å². The molecule has 0 radical (unpaired) electrons. The van der Waals surface area contributed by atoms with Crippen LogP contribution in [0.5, 0.6) is 0 Å². The number of hydrogen-bond acceptors (Lipinski definition) is 2. The monoisotopic (exact) mass is 166 g/mol. The van der Waals surface area contributed by atoms with Gasteiger partial charge in [0.1, 0.15) is 0 Å². The molecule has 1 unspecified atom stereocenters. The molecule has 2 nitrogen and oxygen atoms in total. The minimum atomic E-state index is -0.0180. The Morgan fingerprint density at radius 3 is 2.92 bits per heavy atom. The summed E-state index contributed by atoms with van der Waals surface area (Å²) >= 11 is 0. The summed E-state index contributed by atoms with van der Waals surface area (Å²) in [4.78, 5) is 11.4. The maximum atomic E-state index is 11.4. The molecule has 0 saturated heterocycles. The van der Waals surface area contributed by atoms with E-state index in [4.69, 9.17) is 4.74 Å². The van der Waals surface area contributed by atoms with Gasteiger partial charge in [0.25, 0.3) is 0 Å². The first-order chi connectivity index (χ1) is 5.70. The predicted octanol–water partition coefficient (Wildman–Crippen LogP) is 2.11. The Kier molecular flexibility index (Phi) is 1.71. The van der Waals surface area contributed by atoms with E-state index in [1.54, 1.807) is 6.26 Å². The molecule has 0 amide bonds. The number of allylic oxidation sites excluding steroid dienone is 1. The highest BCUT2D eigenvalue weighted by atomic mass is 16.5. The molecule has 3 atom stereocenters. The van der Waals surface area contributed by atoms with Crippen molar-refractivity contribution in [1.29, 1.82) is 0 Å². The molecule has 1 heterocycles. The summed E-state index contributed by atoms with van der Waals surface area (Å²) in [5.74, 6) is 1.11. The maximum absolute atomic E-state index is 11.4. The fourth-order valence-corrected chi connectivity index (χ4v) is 2.42. The summed E-state index contributed by atoms with van der Waals surface area (Å²) in [6.07, 6.45) is 3.94. The van der Waals surface area contributed by atoms with Gasteiger partial charge in [0, 0.05) is 0 Å². The van der Waals surface area contributed by atoms with Gasteiger partial charge in [0.05, 0.1) is 12.2 Å². The lowest BCUT2D eigenvalue weighted by molar-refractivity contribution is -0.146. The lowest BCUT2D eigenvalue weighted by Gasteiger charge is -2.25. The summed E-state index contributed by atoms with van der Waals surface area (Å²) in [5.41, 5.74) is 1.24. The number of rotatable bonds is 0. The predicted molar refractivity (Wildman–Crippen MR) is 45.2 cm³/mol. The first-order valence-corrected chi connectivity index (χ1v) is 4.57. The largest absolute Gasteiger partial charge is 0.434 e. The van der Waals surface area contributed by atoms with Gasteiger partial charge in [-0.3, -0.25) is 4.79 Å². The molecule has 66 valence electrons. The summed E-state index contributed by atoms with van der Waals surface area (Å²) in [6, 6.07) is 0.